The van der Waals surface area contributed by atoms with E-state index in [1.54, 1.807) is 6.07 Å². The van der Waals surface area contributed by atoms with Crippen molar-refractivity contribution >= 4 is 17.3 Å². The summed E-state index contributed by atoms with van der Waals surface area (Å²) in [5, 5.41) is 15.3. The molecule has 0 amide bonds. The third kappa shape index (κ3) is 2.41. The molecule has 0 atom stereocenters. The zero-order valence-electron chi connectivity index (χ0n) is 10.7. The molecule has 2 aromatic heterocycles. The third-order valence-electron chi connectivity index (χ3n) is 2.48. The van der Waals surface area contributed by atoms with E-state index in [4.69, 9.17) is 11.6 Å². The van der Waals surface area contributed by atoms with Crippen LogP contribution >= 0.6 is 11.6 Å². The van der Waals surface area contributed by atoms with Crippen LogP contribution in [0.2, 0.25) is 5.15 Å². The summed E-state index contributed by atoms with van der Waals surface area (Å²) in [6.07, 6.45) is 2.85. The maximum absolute atomic E-state index is 11.2. The molecule has 0 aliphatic rings. The average Bonchev–Trinajstić information content (AvgIpc) is 2.68. The lowest BCUT2D eigenvalue weighted by Crippen LogP contribution is -2.14. The molecule has 19 heavy (non-hydrogen) atoms. The Hall–Kier alpha value is -2.02. The lowest BCUT2D eigenvalue weighted by molar-refractivity contribution is -0.385. The molecule has 8 heteroatoms. The fourth-order valence-corrected chi connectivity index (χ4v) is 1.90. The van der Waals surface area contributed by atoms with Gasteiger partial charge in [-0.2, -0.15) is 9.78 Å². The normalized spacial score (nSPS) is 11.6. The minimum atomic E-state index is -0.520. The predicted molar refractivity (Wildman–Crippen MR) is 69.5 cm³/mol. The summed E-state index contributed by atoms with van der Waals surface area (Å²) in [5.74, 6) is 0.388. The van der Waals surface area contributed by atoms with Gasteiger partial charge in [0.15, 0.2) is 5.82 Å². The van der Waals surface area contributed by atoms with Gasteiger partial charge in [-0.15, -0.1) is 0 Å². The van der Waals surface area contributed by atoms with Crippen molar-refractivity contribution in [1.29, 1.82) is 0 Å². The summed E-state index contributed by atoms with van der Waals surface area (Å²) in [5.41, 5.74) is -0.362. The second kappa shape index (κ2) is 4.58. The van der Waals surface area contributed by atoms with E-state index in [9.17, 15) is 10.1 Å². The summed E-state index contributed by atoms with van der Waals surface area (Å²) >= 11 is 6.06. The van der Waals surface area contributed by atoms with Gasteiger partial charge in [-0.3, -0.25) is 10.1 Å². The fraction of sp³-hybridized carbons (Fsp3) is 0.364. The van der Waals surface area contributed by atoms with Crippen LogP contribution in [0.25, 0.3) is 5.82 Å². The van der Waals surface area contributed by atoms with Crippen LogP contribution in [0.15, 0.2) is 18.6 Å². The number of hydrogen-bond donors (Lipinski definition) is 0. The second-order valence-electron chi connectivity index (χ2n) is 4.97. The maximum atomic E-state index is 11.2. The highest BCUT2D eigenvalue weighted by molar-refractivity contribution is 6.32. The van der Waals surface area contributed by atoms with Crippen LogP contribution in [0.1, 0.15) is 26.5 Å². The zero-order chi connectivity index (χ0) is 14.2. The van der Waals surface area contributed by atoms with Crippen LogP contribution < -0.4 is 0 Å². The SMILES string of the molecule is CC(C)(C)c1nn(-c2ccncn2)c(Cl)c1[N+](=O)[O-]. The van der Waals surface area contributed by atoms with Crippen molar-refractivity contribution in [1.82, 2.24) is 19.7 Å². The number of aromatic nitrogens is 4. The van der Waals surface area contributed by atoms with Gasteiger partial charge in [-0.05, 0) is 0 Å². The average molecular weight is 282 g/mol. The maximum Gasteiger partial charge on any atom is 0.330 e. The Morgan fingerprint density at radius 1 is 1.42 bits per heavy atom. The number of nitrogens with zero attached hydrogens (tertiary/aromatic N) is 5. The molecule has 0 saturated heterocycles. The molecule has 100 valence electrons. The molecule has 0 N–H and O–H groups in total. The van der Waals surface area contributed by atoms with Gasteiger partial charge < -0.3 is 0 Å². The van der Waals surface area contributed by atoms with E-state index in [1.807, 2.05) is 20.8 Å². The summed E-state index contributed by atoms with van der Waals surface area (Å²) < 4.78 is 1.25. The van der Waals surface area contributed by atoms with Crippen molar-refractivity contribution < 1.29 is 4.92 Å². The van der Waals surface area contributed by atoms with Crippen molar-refractivity contribution in [3.8, 4) is 5.82 Å². The molecule has 0 bridgehead atoms. The van der Waals surface area contributed by atoms with E-state index in [0.29, 0.717) is 11.5 Å². The van der Waals surface area contributed by atoms with Crippen LogP contribution in [-0.4, -0.2) is 24.7 Å². The highest BCUT2D eigenvalue weighted by Crippen LogP contribution is 2.36. The van der Waals surface area contributed by atoms with Crippen LogP contribution in [0.4, 0.5) is 5.69 Å². The van der Waals surface area contributed by atoms with Crippen molar-refractivity contribution in [2.45, 2.75) is 26.2 Å². The first-order chi connectivity index (χ1) is 8.82. The third-order valence-corrected chi connectivity index (χ3v) is 2.82. The molecule has 0 aromatic carbocycles. The first-order valence-electron chi connectivity index (χ1n) is 5.52. The van der Waals surface area contributed by atoms with Crippen molar-refractivity contribution in [3.63, 3.8) is 0 Å². The molecule has 0 saturated carbocycles. The number of halogens is 1. The Morgan fingerprint density at radius 2 is 2.11 bits per heavy atom. The van der Waals surface area contributed by atoms with E-state index in [-0.39, 0.29) is 10.8 Å². The molecule has 2 rings (SSSR count). The number of rotatable bonds is 2. The van der Waals surface area contributed by atoms with Gasteiger partial charge in [0.05, 0.1) is 4.92 Å². The first-order valence-corrected chi connectivity index (χ1v) is 5.90. The molecule has 0 aliphatic heterocycles. The lowest BCUT2D eigenvalue weighted by Gasteiger charge is -2.13. The summed E-state index contributed by atoms with van der Waals surface area (Å²) in [6, 6.07) is 1.58. The molecular formula is C11H12ClN5O2. The smallest absolute Gasteiger partial charge is 0.258 e. The molecule has 0 spiro atoms. The number of nitro groups is 1. The minimum absolute atomic E-state index is 0.0615. The molecule has 2 aromatic rings. The van der Waals surface area contributed by atoms with Gasteiger partial charge in [0, 0.05) is 17.7 Å². The van der Waals surface area contributed by atoms with Crippen LogP contribution in [0.5, 0.6) is 0 Å². The minimum Gasteiger partial charge on any atom is -0.258 e. The monoisotopic (exact) mass is 281 g/mol. The van der Waals surface area contributed by atoms with Crippen LogP contribution in [0, 0.1) is 10.1 Å². The van der Waals surface area contributed by atoms with E-state index in [2.05, 4.69) is 15.1 Å². The summed E-state index contributed by atoms with van der Waals surface area (Å²) in [4.78, 5) is 18.4. The standard InChI is InChI=1S/C11H12ClN5O2/c1-11(2,3)9-8(17(18)19)10(12)16(15-9)7-4-5-13-6-14-7/h4-6H,1-3H3. The van der Waals surface area contributed by atoms with Gasteiger partial charge >= 0.3 is 5.69 Å². The van der Waals surface area contributed by atoms with E-state index < -0.39 is 10.3 Å². The predicted octanol–water partition coefficient (Wildman–Crippen LogP) is 2.52. The summed E-state index contributed by atoms with van der Waals surface area (Å²) in [6.45, 7) is 5.51. The fourth-order valence-electron chi connectivity index (χ4n) is 1.62. The molecular weight excluding hydrogens is 270 g/mol. The Labute approximate surface area is 114 Å². The Morgan fingerprint density at radius 3 is 2.53 bits per heavy atom. The lowest BCUT2D eigenvalue weighted by atomic mass is 9.91. The Kier molecular flexibility index (Phi) is 3.23. The second-order valence-corrected chi connectivity index (χ2v) is 5.33. The first kappa shape index (κ1) is 13.4. The van der Waals surface area contributed by atoms with E-state index >= 15 is 0 Å². The van der Waals surface area contributed by atoms with Crippen molar-refractivity contribution in [3.05, 3.63) is 39.6 Å². The van der Waals surface area contributed by atoms with Crippen LogP contribution in [-0.2, 0) is 5.41 Å². The summed E-state index contributed by atoms with van der Waals surface area (Å²) in [7, 11) is 0. The van der Waals surface area contributed by atoms with Gasteiger partial charge in [0.1, 0.15) is 12.0 Å². The van der Waals surface area contributed by atoms with E-state index in [0.717, 1.165) is 0 Å². The number of hydrogen-bond acceptors (Lipinski definition) is 5. The molecule has 0 unspecified atom stereocenters. The van der Waals surface area contributed by atoms with Gasteiger partial charge in [-0.1, -0.05) is 32.4 Å². The Bertz CT molecular complexity index is 618. The molecule has 0 fully saturated rings. The van der Waals surface area contributed by atoms with Crippen molar-refractivity contribution in [2.75, 3.05) is 0 Å². The largest absolute Gasteiger partial charge is 0.330 e. The molecule has 2 heterocycles. The molecule has 7 nitrogen and oxygen atoms in total. The zero-order valence-corrected chi connectivity index (χ0v) is 11.4. The van der Waals surface area contributed by atoms with E-state index in [1.165, 1.54) is 17.2 Å². The van der Waals surface area contributed by atoms with Gasteiger partial charge in [-0.25, -0.2) is 9.97 Å². The molecule has 0 radical (unpaired) electrons. The Balaban J connectivity index is 2.70. The topological polar surface area (TPSA) is 86.7 Å². The molecule has 0 aliphatic carbocycles. The highest BCUT2D eigenvalue weighted by atomic mass is 35.5. The quantitative estimate of drug-likeness (QED) is 0.623. The van der Waals surface area contributed by atoms with Crippen LogP contribution in [0.3, 0.4) is 0 Å². The van der Waals surface area contributed by atoms with Crippen molar-refractivity contribution in [2.24, 2.45) is 0 Å². The van der Waals surface area contributed by atoms with Gasteiger partial charge in [0.2, 0.25) is 5.15 Å². The highest BCUT2D eigenvalue weighted by Gasteiger charge is 2.34. The van der Waals surface area contributed by atoms with Gasteiger partial charge in [0.25, 0.3) is 0 Å².